The highest BCUT2D eigenvalue weighted by molar-refractivity contribution is 5.29. The molecule has 7 heteroatoms. The third-order valence-corrected chi connectivity index (χ3v) is 16.2. The number of likely N-dealkylation sites (tertiary alicyclic amines) is 1. The fourth-order valence-corrected chi connectivity index (χ4v) is 13.6. The van der Waals surface area contributed by atoms with Gasteiger partial charge in [-0.05, 0) is 137 Å². The van der Waals surface area contributed by atoms with Crippen molar-refractivity contribution in [3.8, 4) is 0 Å². The zero-order valence-electron chi connectivity index (χ0n) is 31.5. The standard InChI is InChI=1S/C38H64N2O5.C2H6.H2/c1-23(2)40-19-24(20-40)39-16-17-43-32(21-39)45-31-12-13-38-22-37(38)15-14-36(7)26-8-10-28(33(41)35(5,6)42)44-29(26)18-27(36)25(37)9-11-30(38)34(31,3)4;1-2;/h23-33,41-42H,8-22H2,1-7H3;1-2H3;1H. The van der Waals surface area contributed by atoms with Gasteiger partial charge in [-0.25, -0.2) is 0 Å². The molecule has 272 valence electrons. The highest BCUT2D eigenvalue weighted by Gasteiger charge is 2.80. The van der Waals surface area contributed by atoms with Gasteiger partial charge in [-0.1, -0.05) is 34.6 Å². The maximum Gasteiger partial charge on any atom is 0.170 e. The Balaban J connectivity index is 0.00000131. The summed E-state index contributed by atoms with van der Waals surface area (Å²) in [5, 5.41) is 21.4. The van der Waals surface area contributed by atoms with E-state index in [1.807, 2.05) is 13.8 Å². The van der Waals surface area contributed by atoms with Crippen LogP contribution in [0.2, 0.25) is 0 Å². The van der Waals surface area contributed by atoms with Crippen LogP contribution in [0.4, 0.5) is 0 Å². The van der Waals surface area contributed by atoms with Gasteiger partial charge in [0.2, 0.25) is 0 Å². The molecule has 8 aliphatic rings. The predicted octanol–water partition coefficient (Wildman–Crippen LogP) is 6.73. The third-order valence-electron chi connectivity index (χ3n) is 16.2. The van der Waals surface area contributed by atoms with E-state index in [0.29, 0.717) is 34.2 Å². The molecular weight excluding hydrogens is 588 g/mol. The van der Waals surface area contributed by atoms with Crippen molar-refractivity contribution in [1.82, 2.24) is 9.80 Å². The lowest BCUT2D eigenvalue weighted by Gasteiger charge is -2.60. The fourth-order valence-electron chi connectivity index (χ4n) is 13.6. The quantitative estimate of drug-likeness (QED) is 0.327. The van der Waals surface area contributed by atoms with E-state index in [1.54, 1.807) is 13.8 Å². The van der Waals surface area contributed by atoms with Crippen LogP contribution in [0.1, 0.15) is 128 Å². The summed E-state index contributed by atoms with van der Waals surface area (Å²) in [6.07, 6.45) is 11.9. The second-order valence-corrected chi connectivity index (χ2v) is 19.1. The van der Waals surface area contributed by atoms with Crippen molar-refractivity contribution < 1.29 is 25.9 Å². The Morgan fingerprint density at radius 3 is 2.32 bits per heavy atom. The van der Waals surface area contributed by atoms with E-state index in [-0.39, 0.29) is 31.4 Å². The van der Waals surface area contributed by atoms with Gasteiger partial charge in [0, 0.05) is 39.7 Å². The molecule has 5 aliphatic carbocycles. The zero-order chi connectivity index (χ0) is 33.7. The summed E-state index contributed by atoms with van der Waals surface area (Å²) in [4.78, 5) is 5.21. The van der Waals surface area contributed by atoms with Gasteiger partial charge in [-0.15, -0.1) is 0 Å². The van der Waals surface area contributed by atoms with Crippen LogP contribution in [-0.2, 0) is 14.2 Å². The molecule has 0 aromatic heterocycles. The number of morpholine rings is 1. The van der Waals surface area contributed by atoms with Gasteiger partial charge in [0.15, 0.2) is 6.29 Å². The van der Waals surface area contributed by atoms with E-state index in [9.17, 15) is 10.2 Å². The second-order valence-electron chi connectivity index (χ2n) is 19.1. The minimum absolute atomic E-state index is 0. The second kappa shape index (κ2) is 12.2. The van der Waals surface area contributed by atoms with Crippen molar-refractivity contribution in [3.05, 3.63) is 0 Å². The van der Waals surface area contributed by atoms with Gasteiger partial charge >= 0.3 is 0 Å². The molecule has 3 heterocycles. The van der Waals surface area contributed by atoms with Crippen LogP contribution in [0.15, 0.2) is 0 Å². The number of aliphatic hydroxyl groups is 2. The Morgan fingerprint density at radius 2 is 1.62 bits per heavy atom. The van der Waals surface area contributed by atoms with E-state index < -0.39 is 11.7 Å². The first-order valence-electron chi connectivity index (χ1n) is 20.0. The molecule has 2 spiro atoms. The molecule has 7 nitrogen and oxygen atoms in total. The molecular formula is C40H72N2O5. The molecule has 0 radical (unpaired) electrons. The molecule has 2 N–H and O–H groups in total. The van der Waals surface area contributed by atoms with E-state index in [4.69, 9.17) is 14.2 Å². The number of hydrogen-bond donors (Lipinski definition) is 2. The zero-order valence-corrected chi connectivity index (χ0v) is 31.5. The molecule has 5 saturated carbocycles. The van der Waals surface area contributed by atoms with Crippen molar-refractivity contribution >= 4 is 0 Å². The van der Waals surface area contributed by atoms with Gasteiger partial charge in [0.1, 0.15) is 6.10 Å². The van der Waals surface area contributed by atoms with Crippen LogP contribution >= 0.6 is 0 Å². The maximum atomic E-state index is 10.9. The number of hydrogen-bond acceptors (Lipinski definition) is 7. The molecule has 12 atom stereocenters. The minimum Gasteiger partial charge on any atom is -0.388 e. The lowest BCUT2D eigenvalue weighted by molar-refractivity contribution is -0.250. The number of aliphatic hydroxyl groups excluding tert-OH is 1. The fraction of sp³-hybridized carbons (Fsp3) is 1.00. The van der Waals surface area contributed by atoms with Crippen LogP contribution in [0.5, 0.6) is 0 Å². The number of rotatable bonds is 6. The van der Waals surface area contributed by atoms with Gasteiger partial charge in [-0.2, -0.15) is 0 Å². The first-order chi connectivity index (χ1) is 22.2. The average molecular weight is 661 g/mol. The topological polar surface area (TPSA) is 74.6 Å². The van der Waals surface area contributed by atoms with Crippen LogP contribution < -0.4 is 0 Å². The number of nitrogens with zero attached hydrogens (tertiary/aromatic N) is 2. The lowest BCUT2D eigenvalue weighted by Crippen LogP contribution is -2.64. The normalized spacial score (nSPS) is 48.5. The van der Waals surface area contributed by atoms with Crippen molar-refractivity contribution in [2.75, 3.05) is 32.8 Å². The molecule has 0 aromatic rings. The highest BCUT2D eigenvalue weighted by Crippen LogP contribution is 2.87. The van der Waals surface area contributed by atoms with E-state index in [0.717, 1.165) is 56.7 Å². The van der Waals surface area contributed by atoms with Crippen LogP contribution in [0, 0.1) is 45.3 Å². The monoisotopic (exact) mass is 661 g/mol. The van der Waals surface area contributed by atoms with E-state index >= 15 is 0 Å². The van der Waals surface area contributed by atoms with Crippen LogP contribution in [0.25, 0.3) is 0 Å². The van der Waals surface area contributed by atoms with E-state index in [1.165, 1.54) is 58.0 Å². The first kappa shape index (κ1) is 35.1. The summed E-state index contributed by atoms with van der Waals surface area (Å²) in [5.74, 6) is 2.88. The summed E-state index contributed by atoms with van der Waals surface area (Å²) >= 11 is 0. The molecule has 8 rings (SSSR count). The third kappa shape index (κ3) is 5.36. The lowest BCUT2D eigenvalue weighted by atomic mass is 9.46. The Kier molecular flexibility index (Phi) is 9.09. The minimum atomic E-state index is -1.13. The largest absolute Gasteiger partial charge is 0.388 e. The van der Waals surface area contributed by atoms with Gasteiger partial charge in [0.25, 0.3) is 0 Å². The van der Waals surface area contributed by atoms with Crippen LogP contribution in [-0.4, -0.2) is 101 Å². The van der Waals surface area contributed by atoms with Crippen molar-refractivity contribution in [1.29, 1.82) is 0 Å². The Morgan fingerprint density at radius 1 is 0.894 bits per heavy atom. The summed E-state index contributed by atoms with van der Waals surface area (Å²) < 4.78 is 20.0. The maximum absolute atomic E-state index is 10.9. The Labute approximate surface area is 288 Å². The predicted molar refractivity (Wildman–Crippen MR) is 188 cm³/mol. The number of ether oxygens (including phenoxy) is 3. The van der Waals surface area contributed by atoms with Gasteiger partial charge < -0.3 is 24.4 Å². The van der Waals surface area contributed by atoms with Crippen LogP contribution in [0.3, 0.4) is 0 Å². The summed E-state index contributed by atoms with van der Waals surface area (Å²) in [7, 11) is 0. The van der Waals surface area contributed by atoms with Crippen molar-refractivity contribution in [3.63, 3.8) is 0 Å². The molecule has 0 bridgehead atoms. The van der Waals surface area contributed by atoms with Crippen molar-refractivity contribution in [2.24, 2.45) is 45.3 Å². The smallest absolute Gasteiger partial charge is 0.170 e. The number of fused-ring (bicyclic) bond motifs is 4. The summed E-state index contributed by atoms with van der Waals surface area (Å²) in [6, 6.07) is 1.30. The average Bonchev–Trinajstić information content (AvgIpc) is 3.58. The Bertz CT molecular complexity index is 1140. The van der Waals surface area contributed by atoms with Gasteiger partial charge in [-0.3, -0.25) is 9.80 Å². The summed E-state index contributed by atoms with van der Waals surface area (Å²) in [6.45, 7) is 24.8. The van der Waals surface area contributed by atoms with E-state index in [2.05, 4.69) is 44.4 Å². The molecule has 0 amide bonds. The molecule has 12 unspecified atom stereocenters. The SMILES string of the molecule is CC.CC(C)N1CC(N2CCOC(OC3CCC45CC46CCC4(C)C7CCC(C(O)C(C)(C)O)OC7CC4C6CCC5C3(C)C)C2)C1.[HH]. The van der Waals surface area contributed by atoms with Gasteiger partial charge in [0.05, 0.1) is 30.5 Å². The molecule has 3 aliphatic heterocycles. The first-order valence-corrected chi connectivity index (χ1v) is 20.0. The highest BCUT2D eigenvalue weighted by atomic mass is 16.7. The molecule has 3 saturated heterocycles. The summed E-state index contributed by atoms with van der Waals surface area (Å²) in [5.41, 5.74) is 0.415. The van der Waals surface area contributed by atoms with Crippen molar-refractivity contribution in [2.45, 2.75) is 175 Å². The Hall–Kier alpha value is -0.280. The molecule has 8 fully saturated rings. The molecule has 0 aromatic carbocycles. The molecule has 47 heavy (non-hydrogen) atoms.